The Kier molecular flexibility index (Phi) is 8.44. The monoisotopic (exact) mass is 572 g/mol. The summed E-state index contributed by atoms with van der Waals surface area (Å²) in [6.07, 6.45) is 1.70. The average molecular weight is 574 g/mol. The van der Waals surface area contributed by atoms with Gasteiger partial charge in [0.25, 0.3) is 11.8 Å². The van der Waals surface area contributed by atoms with Crippen molar-refractivity contribution in [1.29, 1.82) is 0 Å². The van der Waals surface area contributed by atoms with Gasteiger partial charge in [-0.3, -0.25) is 14.5 Å². The van der Waals surface area contributed by atoms with Crippen LogP contribution in [0.4, 0.5) is 11.4 Å². The van der Waals surface area contributed by atoms with Crippen LogP contribution >= 0.6 is 47.2 Å². The molecule has 37 heavy (non-hydrogen) atoms. The Bertz CT molecular complexity index is 1440. The highest BCUT2D eigenvalue weighted by atomic mass is 35.5. The molecule has 1 fully saturated rings. The molecule has 1 heterocycles. The van der Waals surface area contributed by atoms with E-state index >= 15 is 0 Å². The van der Waals surface area contributed by atoms with E-state index < -0.39 is 5.91 Å². The van der Waals surface area contributed by atoms with E-state index in [9.17, 15) is 9.59 Å². The standard InChI is InChI=1S/C27H22Cl2N2O4S2/c1-15-8-9-21(16(2)10-15)31-26(33)23(37-27(31)36)13-17-11-19(29)25(22(12-17)34-3)35-14-24(32)30-20-7-5-4-6-18(20)28/h4-13H,14H2,1-3H3,(H,30,32)/b23-13-. The van der Waals surface area contributed by atoms with Crippen molar-refractivity contribution in [3.05, 3.63) is 86.2 Å². The van der Waals surface area contributed by atoms with Crippen LogP contribution in [-0.2, 0) is 9.59 Å². The smallest absolute Gasteiger partial charge is 0.270 e. The third-order valence-electron chi connectivity index (χ3n) is 5.43. The maximum absolute atomic E-state index is 13.2. The normalized spacial score (nSPS) is 14.3. The van der Waals surface area contributed by atoms with Gasteiger partial charge in [-0.2, -0.15) is 0 Å². The van der Waals surface area contributed by atoms with E-state index in [0.717, 1.165) is 16.8 Å². The van der Waals surface area contributed by atoms with Gasteiger partial charge >= 0.3 is 0 Å². The van der Waals surface area contributed by atoms with Crippen LogP contribution in [0.1, 0.15) is 16.7 Å². The minimum atomic E-state index is -0.412. The summed E-state index contributed by atoms with van der Waals surface area (Å²) in [6.45, 7) is 3.63. The first kappa shape index (κ1) is 27.0. The topological polar surface area (TPSA) is 67.9 Å². The van der Waals surface area contributed by atoms with Crippen molar-refractivity contribution >= 4 is 80.8 Å². The lowest BCUT2D eigenvalue weighted by atomic mass is 10.1. The lowest BCUT2D eigenvalue weighted by Crippen LogP contribution is -2.28. The molecule has 0 saturated carbocycles. The number of anilines is 2. The number of carbonyl (C=O) groups is 2. The molecule has 4 rings (SSSR count). The van der Waals surface area contributed by atoms with Crippen LogP contribution in [0.25, 0.3) is 6.08 Å². The van der Waals surface area contributed by atoms with E-state index in [1.165, 1.54) is 23.8 Å². The zero-order chi connectivity index (χ0) is 26.7. The minimum Gasteiger partial charge on any atom is -0.493 e. The number of para-hydroxylation sites is 1. The van der Waals surface area contributed by atoms with E-state index in [0.29, 0.717) is 31.2 Å². The Balaban J connectivity index is 1.52. The molecule has 0 radical (unpaired) electrons. The number of nitrogens with zero attached hydrogens (tertiary/aromatic N) is 1. The second-order valence-corrected chi connectivity index (χ2v) is 10.6. The quantitative estimate of drug-likeness (QED) is 0.242. The van der Waals surface area contributed by atoms with Crippen LogP contribution in [0.3, 0.4) is 0 Å². The van der Waals surface area contributed by atoms with E-state index in [1.54, 1.807) is 42.5 Å². The molecule has 10 heteroatoms. The van der Waals surface area contributed by atoms with Crippen LogP contribution in [0.5, 0.6) is 11.5 Å². The molecule has 0 spiro atoms. The fourth-order valence-corrected chi connectivity index (χ4v) is 5.47. The van der Waals surface area contributed by atoms with Gasteiger partial charge in [0.2, 0.25) is 0 Å². The van der Waals surface area contributed by atoms with Crippen LogP contribution in [0, 0.1) is 13.8 Å². The second kappa shape index (κ2) is 11.6. The number of hydrogen-bond donors (Lipinski definition) is 1. The highest BCUT2D eigenvalue weighted by Crippen LogP contribution is 2.40. The van der Waals surface area contributed by atoms with Crippen molar-refractivity contribution in [3.8, 4) is 11.5 Å². The van der Waals surface area contributed by atoms with Crippen molar-refractivity contribution in [3.63, 3.8) is 0 Å². The second-order valence-electron chi connectivity index (χ2n) is 8.16. The molecule has 1 aliphatic heterocycles. The Morgan fingerprint density at radius 1 is 1.11 bits per heavy atom. The number of thioether (sulfide) groups is 1. The Morgan fingerprint density at radius 3 is 2.57 bits per heavy atom. The van der Waals surface area contributed by atoms with Gasteiger partial charge in [0, 0.05) is 0 Å². The van der Waals surface area contributed by atoms with Crippen LogP contribution in [0.15, 0.2) is 59.5 Å². The van der Waals surface area contributed by atoms with Crippen LogP contribution in [0.2, 0.25) is 10.0 Å². The third-order valence-corrected chi connectivity index (χ3v) is 7.34. The molecule has 3 aromatic rings. The molecule has 1 aliphatic rings. The predicted molar refractivity (Wildman–Crippen MR) is 155 cm³/mol. The van der Waals surface area contributed by atoms with Crippen molar-refractivity contribution in [1.82, 2.24) is 0 Å². The highest BCUT2D eigenvalue weighted by Gasteiger charge is 2.34. The van der Waals surface area contributed by atoms with Crippen molar-refractivity contribution in [2.24, 2.45) is 0 Å². The summed E-state index contributed by atoms with van der Waals surface area (Å²) in [5.74, 6) is -0.105. The summed E-state index contributed by atoms with van der Waals surface area (Å²) < 4.78 is 11.6. The SMILES string of the molecule is COc1cc(/C=C2\SC(=S)N(c3ccc(C)cc3C)C2=O)cc(Cl)c1OCC(=O)Nc1ccccc1Cl. The number of rotatable bonds is 7. The van der Waals surface area contributed by atoms with Gasteiger partial charge in [0.05, 0.1) is 33.4 Å². The van der Waals surface area contributed by atoms with Gasteiger partial charge in [-0.05, 0) is 61.4 Å². The molecule has 3 aromatic carbocycles. The zero-order valence-electron chi connectivity index (χ0n) is 20.1. The molecule has 0 atom stereocenters. The first-order chi connectivity index (χ1) is 17.7. The lowest BCUT2D eigenvalue weighted by Gasteiger charge is -2.17. The summed E-state index contributed by atoms with van der Waals surface area (Å²) in [5, 5.41) is 3.32. The number of nitrogens with one attached hydrogen (secondary N) is 1. The minimum absolute atomic E-state index is 0.207. The number of carbonyl (C=O) groups excluding carboxylic acids is 2. The first-order valence-electron chi connectivity index (χ1n) is 11.1. The van der Waals surface area contributed by atoms with E-state index in [-0.39, 0.29) is 23.3 Å². The Hall–Kier alpha value is -3.04. The van der Waals surface area contributed by atoms with Gasteiger partial charge in [-0.1, -0.05) is 77.0 Å². The number of benzene rings is 3. The van der Waals surface area contributed by atoms with Gasteiger partial charge in [-0.15, -0.1) is 0 Å². The maximum Gasteiger partial charge on any atom is 0.270 e. The molecule has 0 bridgehead atoms. The summed E-state index contributed by atoms with van der Waals surface area (Å²) in [6, 6.07) is 16.0. The van der Waals surface area contributed by atoms with Crippen molar-refractivity contribution < 1.29 is 19.1 Å². The van der Waals surface area contributed by atoms with E-state index in [1.807, 2.05) is 32.0 Å². The molecule has 190 valence electrons. The zero-order valence-corrected chi connectivity index (χ0v) is 23.3. The molecule has 1 saturated heterocycles. The van der Waals surface area contributed by atoms with Gasteiger partial charge in [0.15, 0.2) is 22.4 Å². The Morgan fingerprint density at radius 2 is 1.86 bits per heavy atom. The van der Waals surface area contributed by atoms with Gasteiger partial charge < -0.3 is 14.8 Å². The van der Waals surface area contributed by atoms with Gasteiger partial charge in [-0.25, -0.2) is 0 Å². The number of hydrogen-bond acceptors (Lipinski definition) is 6. The van der Waals surface area contributed by atoms with Crippen molar-refractivity contribution in [2.75, 3.05) is 23.9 Å². The number of amides is 2. The summed E-state index contributed by atoms with van der Waals surface area (Å²) >= 11 is 19.3. The maximum atomic E-state index is 13.2. The number of halogens is 2. The molecule has 6 nitrogen and oxygen atoms in total. The highest BCUT2D eigenvalue weighted by molar-refractivity contribution is 8.27. The summed E-state index contributed by atoms with van der Waals surface area (Å²) in [4.78, 5) is 27.6. The number of thiocarbonyl (C=S) groups is 1. The fraction of sp³-hybridized carbons (Fsp3) is 0.148. The molecule has 2 amide bonds. The number of aryl methyl sites for hydroxylation is 2. The van der Waals surface area contributed by atoms with Crippen molar-refractivity contribution in [2.45, 2.75) is 13.8 Å². The lowest BCUT2D eigenvalue weighted by molar-refractivity contribution is -0.118. The molecule has 1 N–H and O–H groups in total. The molecule has 0 aromatic heterocycles. The Labute approximate surface area is 234 Å². The third kappa shape index (κ3) is 6.10. The van der Waals surface area contributed by atoms with Crippen LogP contribution < -0.4 is 19.7 Å². The predicted octanol–water partition coefficient (Wildman–Crippen LogP) is 7.04. The first-order valence-corrected chi connectivity index (χ1v) is 13.1. The van der Waals surface area contributed by atoms with E-state index in [2.05, 4.69) is 5.32 Å². The molecular weight excluding hydrogens is 551 g/mol. The summed E-state index contributed by atoms with van der Waals surface area (Å²) in [7, 11) is 1.46. The van der Waals surface area contributed by atoms with Crippen LogP contribution in [-0.4, -0.2) is 29.9 Å². The largest absolute Gasteiger partial charge is 0.493 e. The molecular formula is C27H22Cl2N2O4S2. The summed E-state index contributed by atoms with van der Waals surface area (Å²) in [5.41, 5.74) is 3.92. The number of ether oxygens (including phenoxy) is 2. The fourth-order valence-electron chi connectivity index (χ4n) is 3.73. The molecule has 0 unspecified atom stereocenters. The van der Waals surface area contributed by atoms with E-state index in [4.69, 9.17) is 44.9 Å². The number of methoxy groups -OCH3 is 1. The molecule has 0 aliphatic carbocycles. The van der Waals surface area contributed by atoms with Gasteiger partial charge in [0.1, 0.15) is 0 Å². The average Bonchev–Trinajstić information content (AvgIpc) is 3.12.